The van der Waals surface area contributed by atoms with E-state index in [1.165, 1.54) is 9.80 Å². The van der Waals surface area contributed by atoms with Crippen LogP contribution in [-0.2, 0) is 14.4 Å². The number of rotatable bonds is 5. The molecule has 2 heterocycles. The Bertz CT molecular complexity index is 1090. The molecule has 2 N–H and O–H groups in total. The normalized spacial score (nSPS) is 17.8. The first-order valence-corrected chi connectivity index (χ1v) is 11.5. The van der Waals surface area contributed by atoms with E-state index in [4.69, 9.17) is 5.11 Å². The van der Waals surface area contributed by atoms with Crippen molar-refractivity contribution in [2.24, 2.45) is 0 Å². The minimum absolute atomic E-state index is 0.0486. The van der Waals surface area contributed by atoms with Crippen molar-refractivity contribution < 1.29 is 24.3 Å². The van der Waals surface area contributed by atoms with Gasteiger partial charge in [0, 0.05) is 24.4 Å². The molecule has 1 atom stereocenters. The number of anilines is 1. The van der Waals surface area contributed by atoms with Gasteiger partial charge in [0.1, 0.15) is 6.04 Å². The highest BCUT2D eigenvalue weighted by Crippen LogP contribution is 2.31. The van der Waals surface area contributed by atoms with Gasteiger partial charge in [-0.15, -0.1) is 11.8 Å². The van der Waals surface area contributed by atoms with E-state index in [0.29, 0.717) is 11.3 Å². The number of hydrogen-bond donors (Lipinski definition) is 2. The monoisotopic (exact) mass is 453 g/mol. The van der Waals surface area contributed by atoms with E-state index < -0.39 is 12.0 Å². The number of hydrogen-bond acceptors (Lipinski definition) is 5. The van der Waals surface area contributed by atoms with Crippen LogP contribution >= 0.6 is 11.8 Å². The van der Waals surface area contributed by atoms with Crippen LogP contribution in [0.1, 0.15) is 23.2 Å². The highest BCUT2D eigenvalue weighted by Gasteiger charge is 2.40. The first-order valence-electron chi connectivity index (χ1n) is 10.3. The van der Waals surface area contributed by atoms with Gasteiger partial charge in [0.05, 0.1) is 24.2 Å². The summed E-state index contributed by atoms with van der Waals surface area (Å²) in [4.78, 5) is 53.4. The van der Waals surface area contributed by atoms with Crippen LogP contribution in [0.4, 0.5) is 5.69 Å². The summed E-state index contributed by atoms with van der Waals surface area (Å²) in [5.74, 6) is -1.99. The van der Waals surface area contributed by atoms with Crippen molar-refractivity contribution in [1.29, 1.82) is 0 Å². The van der Waals surface area contributed by atoms with Crippen LogP contribution in [0, 0.1) is 0 Å². The fourth-order valence-electron chi connectivity index (χ4n) is 4.01. The Balaban J connectivity index is 1.57. The van der Waals surface area contributed by atoms with Crippen molar-refractivity contribution in [1.82, 2.24) is 9.80 Å². The van der Waals surface area contributed by atoms with Crippen molar-refractivity contribution in [2.75, 3.05) is 31.2 Å². The molecule has 2 aliphatic rings. The average Bonchev–Trinajstić information content (AvgIpc) is 2.91. The molecule has 1 saturated heterocycles. The summed E-state index contributed by atoms with van der Waals surface area (Å²) >= 11 is 1.65. The van der Waals surface area contributed by atoms with Gasteiger partial charge in [-0.2, -0.15) is 0 Å². The second-order valence-electron chi connectivity index (χ2n) is 7.73. The quantitative estimate of drug-likeness (QED) is 0.674. The highest BCUT2D eigenvalue weighted by molar-refractivity contribution is 7.98. The third-order valence-corrected chi connectivity index (χ3v) is 6.52. The molecule has 4 rings (SSSR count). The lowest BCUT2D eigenvalue weighted by Crippen LogP contribution is -2.59. The standard InChI is InChI=1S/C23H23N3O5S/c1-32-16-5-2-14(3-6-16)15-4-7-18-17(12-15)23(31)26-11-10-25(13-19(26)22(30)24-18)20(27)8-9-21(28)29/h2-7,12,19H,8-11,13H2,1H3,(H,24,30)(H,28,29). The Morgan fingerprint density at radius 3 is 2.47 bits per heavy atom. The van der Waals surface area contributed by atoms with Gasteiger partial charge >= 0.3 is 5.97 Å². The van der Waals surface area contributed by atoms with E-state index in [1.807, 2.05) is 36.6 Å². The summed E-state index contributed by atoms with van der Waals surface area (Å²) < 4.78 is 0. The maximum Gasteiger partial charge on any atom is 0.303 e. The Morgan fingerprint density at radius 2 is 1.78 bits per heavy atom. The van der Waals surface area contributed by atoms with Crippen molar-refractivity contribution in [3.8, 4) is 11.1 Å². The van der Waals surface area contributed by atoms with Crippen LogP contribution in [0.2, 0.25) is 0 Å². The molecule has 2 aromatic carbocycles. The minimum atomic E-state index is -1.05. The zero-order valence-corrected chi connectivity index (χ0v) is 18.4. The second-order valence-corrected chi connectivity index (χ2v) is 8.61. The predicted octanol–water partition coefficient (Wildman–Crippen LogP) is 2.55. The molecule has 0 radical (unpaired) electrons. The van der Waals surface area contributed by atoms with E-state index in [9.17, 15) is 19.2 Å². The molecule has 32 heavy (non-hydrogen) atoms. The molecular formula is C23H23N3O5S. The van der Waals surface area contributed by atoms with Crippen LogP contribution in [0.5, 0.6) is 0 Å². The lowest BCUT2D eigenvalue weighted by atomic mass is 10.0. The number of piperazine rings is 1. The first kappa shape index (κ1) is 21.9. The number of carboxylic acid groups (broad SMARTS) is 1. The van der Waals surface area contributed by atoms with Crippen LogP contribution in [0.3, 0.4) is 0 Å². The Morgan fingerprint density at radius 1 is 1.06 bits per heavy atom. The fourth-order valence-corrected chi connectivity index (χ4v) is 4.42. The van der Waals surface area contributed by atoms with Gasteiger partial charge in [-0.1, -0.05) is 18.2 Å². The van der Waals surface area contributed by atoms with Gasteiger partial charge in [0.15, 0.2) is 0 Å². The molecular weight excluding hydrogens is 430 g/mol. The number of carboxylic acids is 1. The van der Waals surface area contributed by atoms with Crippen molar-refractivity contribution >= 4 is 41.1 Å². The number of nitrogens with zero attached hydrogens (tertiary/aromatic N) is 2. The fraction of sp³-hybridized carbons (Fsp3) is 0.304. The van der Waals surface area contributed by atoms with Crippen LogP contribution in [-0.4, -0.2) is 70.5 Å². The zero-order valence-electron chi connectivity index (χ0n) is 17.5. The largest absolute Gasteiger partial charge is 0.481 e. The van der Waals surface area contributed by atoms with E-state index in [-0.39, 0.29) is 50.2 Å². The summed E-state index contributed by atoms with van der Waals surface area (Å²) in [6, 6.07) is 12.6. The predicted molar refractivity (Wildman–Crippen MR) is 121 cm³/mol. The minimum Gasteiger partial charge on any atom is -0.481 e. The Labute approximate surface area is 189 Å². The number of thioether (sulfide) groups is 1. The summed E-state index contributed by atoms with van der Waals surface area (Å²) in [5, 5.41) is 11.6. The van der Waals surface area contributed by atoms with E-state index in [2.05, 4.69) is 5.32 Å². The number of amides is 3. The molecule has 0 saturated carbocycles. The van der Waals surface area contributed by atoms with Crippen LogP contribution in [0.25, 0.3) is 11.1 Å². The molecule has 8 nitrogen and oxygen atoms in total. The molecule has 0 spiro atoms. The van der Waals surface area contributed by atoms with Gasteiger partial charge in [-0.05, 0) is 41.6 Å². The van der Waals surface area contributed by atoms with E-state index in [1.54, 1.807) is 23.9 Å². The Kier molecular flexibility index (Phi) is 6.18. The summed E-state index contributed by atoms with van der Waals surface area (Å²) in [7, 11) is 0. The summed E-state index contributed by atoms with van der Waals surface area (Å²) in [5.41, 5.74) is 2.71. The maximum absolute atomic E-state index is 13.3. The SMILES string of the molecule is CSc1ccc(-c2ccc3c(c2)C(=O)N2CCN(C(=O)CCC(=O)O)CC2C(=O)N3)cc1. The molecule has 166 valence electrons. The van der Waals surface area contributed by atoms with Gasteiger partial charge < -0.3 is 20.2 Å². The number of nitrogens with one attached hydrogen (secondary N) is 1. The average molecular weight is 454 g/mol. The molecule has 9 heteroatoms. The molecule has 2 aromatic rings. The van der Waals surface area contributed by atoms with Gasteiger partial charge in [-0.25, -0.2) is 0 Å². The lowest BCUT2D eigenvalue weighted by Gasteiger charge is -2.39. The molecule has 0 aromatic heterocycles. The number of carbonyl (C=O) groups excluding carboxylic acids is 3. The molecule has 0 bridgehead atoms. The zero-order chi connectivity index (χ0) is 22.8. The smallest absolute Gasteiger partial charge is 0.303 e. The molecule has 2 aliphatic heterocycles. The highest BCUT2D eigenvalue weighted by atomic mass is 32.2. The number of fused-ring (bicyclic) bond motifs is 2. The van der Waals surface area contributed by atoms with Gasteiger partial charge in [0.2, 0.25) is 11.8 Å². The Hall–Kier alpha value is -3.33. The molecule has 1 fully saturated rings. The first-order chi connectivity index (χ1) is 15.4. The number of aliphatic carboxylic acids is 1. The van der Waals surface area contributed by atoms with Crippen LogP contribution in [0.15, 0.2) is 47.4 Å². The molecule has 3 amide bonds. The number of benzene rings is 2. The van der Waals surface area contributed by atoms with Crippen LogP contribution < -0.4 is 5.32 Å². The van der Waals surface area contributed by atoms with Crippen molar-refractivity contribution in [2.45, 2.75) is 23.8 Å². The molecule has 0 aliphatic carbocycles. The second kappa shape index (κ2) is 9.04. The number of carbonyl (C=O) groups is 4. The summed E-state index contributed by atoms with van der Waals surface area (Å²) in [6.45, 7) is 0.522. The van der Waals surface area contributed by atoms with Gasteiger partial charge in [0.25, 0.3) is 5.91 Å². The topological polar surface area (TPSA) is 107 Å². The van der Waals surface area contributed by atoms with Gasteiger partial charge in [-0.3, -0.25) is 19.2 Å². The maximum atomic E-state index is 13.3. The molecule has 1 unspecified atom stereocenters. The lowest BCUT2D eigenvalue weighted by molar-refractivity contribution is -0.142. The third-order valence-electron chi connectivity index (χ3n) is 5.78. The van der Waals surface area contributed by atoms with Crippen molar-refractivity contribution in [3.05, 3.63) is 48.0 Å². The summed E-state index contributed by atoms with van der Waals surface area (Å²) in [6.07, 6.45) is 1.62. The van der Waals surface area contributed by atoms with Crippen molar-refractivity contribution in [3.63, 3.8) is 0 Å². The van der Waals surface area contributed by atoms with E-state index in [0.717, 1.165) is 16.0 Å². The third kappa shape index (κ3) is 4.34. The van der Waals surface area contributed by atoms with E-state index >= 15 is 0 Å².